The number of amides is 1. The van der Waals surface area contributed by atoms with Gasteiger partial charge in [-0.05, 0) is 49.8 Å². The van der Waals surface area contributed by atoms with Gasteiger partial charge in [0.15, 0.2) is 0 Å². The summed E-state index contributed by atoms with van der Waals surface area (Å²) < 4.78 is 0. The van der Waals surface area contributed by atoms with Gasteiger partial charge >= 0.3 is 0 Å². The summed E-state index contributed by atoms with van der Waals surface area (Å²) in [5.41, 5.74) is 3.26. The molecule has 1 amide bonds. The van der Waals surface area contributed by atoms with Gasteiger partial charge in [-0.15, -0.1) is 0 Å². The average molecular weight is 260 g/mol. The molecule has 1 fully saturated rings. The van der Waals surface area contributed by atoms with E-state index in [0.29, 0.717) is 12.5 Å². The van der Waals surface area contributed by atoms with Crippen molar-refractivity contribution in [3.63, 3.8) is 0 Å². The van der Waals surface area contributed by atoms with E-state index in [9.17, 15) is 4.79 Å². The van der Waals surface area contributed by atoms with Crippen molar-refractivity contribution in [2.75, 3.05) is 10.6 Å². The number of benzene rings is 1. The number of rotatable bonds is 6. The first-order valence-corrected chi connectivity index (χ1v) is 7.31. The summed E-state index contributed by atoms with van der Waals surface area (Å²) in [5, 5.41) is 6.56. The molecule has 0 saturated heterocycles. The van der Waals surface area contributed by atoms with Crippen LogP contribution in [-0.4, -0.2) is 11.9 Å². The van der Waals surface area contributed by atoms with Crippen molar-refractivity contribution in [1.29, 1.82) is 0 Å². The van der Waals surface area contributed by atoms with Crippen LogP contribution in [0.25, 0.3) is 0 Å². The normalized spacial score (nSPS) is 15.9. The largest absolute Gasteiger partial charge is 0.382 e. The second-order valence-electron chi connectivity index (χ2n) is 5.43. The predicted molar refractivity (Wildman–Crippen MR) is 80.5 cm³/mol. The SMILES string of the molecule is CCC(=O)Nc1ccc(C)c(NC(CC)C2CC2)c1. The molecule has 1 aliphatic carbocycles. The van der Waals surface area contributed by atoms with Crippen LogP contribution in [0, 0.1) is 12.8 Å². The predicted octanol–water partition coefficient (Wildman–Crippen LogP) is 3.94. The second-order valence-corrected chi connectivity index (χ2v) is 5.43. The number of anilines is 2. The lowest BCUT2D eigenvalue weighted by atomic mass is 10.1. The molecule has 0 aliphatic heterocycles. The van der Waals surface area contributed by atoms with Crippen LogP contribution in [0.1, 0.15) is 45.1 Å². The molecule has 0 radical (unpaired) electrons. The number of aryl methyl sites for hydroxylation is 1. The molecule has 0 bridgehead atoms. The third-order valence-corrected chi connectivity index (χ3v) is 3.81. The van der Waals surface area contributed by atoms with E-state index in [4.69, 9.17) is 0 Å². The third kappa shape index (κ3) is 3.72. The lowest BCUT2D eigenvalue weighted by Gasteiger charge is -2.20. The maximum Gasteiger partial charge on any atom is 0.224 e. The maximum absolute atomic E-state index is 11.4. The van der Waals surface area contributed by atoms with Crippen LogP contribution in [0.4, 0.5) is 11.4 Å². The van der Waals surface area contributed by atoms with Gasteiger partial charge in [-0.3, -0.25) is 4.79 Å². The van der Waals surface area contributed by atoms with E-state index in [-0.39, 0.29) is 5.91 Å². The van der Waals surface area contributed by atoms with Gasteiger partial charge in [0.25, 0.3) is 0 Å². The van der Waals surface area contributed by atoms with E-state index >= 15 is 0 Å². The first-order chi connectivity index (χ1) is 9.13. The molecule has 1 saturated carbocycles. The zero-order valence-corrected chi connectivity index (χ0v) is 12.1. The topological polar surface area (TPSA) is 41.1 Å². The summed E-state index contributed by atoms with van der Waals surface area (Å²) in [6.07, 6.45) is 4.35. The first kappa shape index (κ1) is 13.9. The molecule has 1 aliphatic rings. The molecule has 3 heteroatoms. The number of hydrogen-bond donors (Lipinski definition) is 2. The standard InChI is InChI=1S/C16H24N2O/c1-4-14(12-7-8-12)18-15-10-13(9-6-11(15)3)17-16(19)5-2/h6,9-10,12,14,18H,4-5,7-8H2,1-3H3,(H,17,19). The molecule has 2 N–H and O–H groups in total. The Balaban J connectivity index is 2.09. The van der Waals surface area contributed by atoms with Crippen molar-refractivity contribution < 1.29 is 4.79 Å². The summed E-state index contributed by atoms with van der Waals surface area (Å²) >= 11 is 0. The van der Waals surface area contributed by atoms with Gasteiger partial charge in [0.2, 0.25) is 5.91 Å². The van der Waals surface area contributed by atoms with Gasteiger partial charge < -0.3 is 10.6 Å². The zero-order valence-electron chi connectivity index (χ0n) is 12.1. The minimum atomic E-state index is 0.0593. The fourth-order valence-electron chi connectivity index (χ4n) is 2.36. The van der Waals surface area contributed by atoms with Crippen LogP contribution in [0.5, 0.6) is 0 Å². The molecule has 1 aromatic rings. The summed E-state index contributed by atoms with van der Waals surface area (Å²) in [5.74, 6) is 0.891. The zero-order chi connectivity index (χ0) is 13.8. The lowest BCUT2D eigenvalue weighted by Crippen LogP contribution is -2.21. The van der Waals surface area contributed by atoms with Crippen LogP contribution in [0.3, 0.4) is 0 Å². The maximum atomic E-state index is 11.4. The summed E-state index contributed by atoms with van der Waals surface area (Å²) in [4.78, 5) is 11.4. The van der Waals surface area contributed by atoms with Crippen LogP contribution in [0.15, 0.2) is 18.2 Å². The van der Waals surface area contributed by atoms with E-state index in [0.717, 1.165) is 23.7 Å². The highest BCUT2D eigenvalue weighted by atomic mass is 16.1. The van der Waals surface area contributed by atoms with Crippen LogP contribution >= 0.6 is 0 Å². The molecule has 0 heterocycles. The minimum Gasteiger partial charge on any atom is -0.382 e. The van der Waals surface area contributed by atoms with E-state index in [1.807, 2.05) is 19.1 Å². The Morgan fingerprint density at radius 2 is 2.11 bits per heavy atom. The van der Waals surface area contributed by atoms with Crippen molar-refractivity contribution in [3.05, 3.63) is 23.8 Å². The third-order valence-electron chi connectivity index (χ3n) is 3.81. The van der Waals surface area contributed by atoms with Crippen LogP contribution in [0.2, 0.25) is 0 Å². The molecule has 2 rings (SSSR count). The molecular weight excluding hydrogens is 236 g/mol. The lowest BCUT2D eigenvalue weighted by molar-refractivity contribution is -0.115. The summed E-state index contributed by atoms with van der Waals surface area (Å²) in [6.45, 7) is 6.20. The molecule has 1 atom stereocenters. The van der Waals surface area contributed by atoms with Crippen molar-refractivity contribution in [1.82, 2.24) is 0 Å². The molecule has 0 spiro atoms. The Bertz CT molecular complexity index is 452. The fraction of sp³-hybridized carbons (Fsp3) is 0.562. The highest BCUT2D eigenvalue weighted by Crippen LogP contribution is 2.36. The quantitative estimate of drug-likeness (QED) is 0.813. The van der Waals surface area contributed by atoms with E-state index in [1.54, 1.807) is 0 Å². The first-order valence-electron chi connectivity index (χ1n) is 7.31. The average Bonchev–Trinajstić information content (AvgIpc) is 3.23. The van der Waals surface area contributed by atoms with E-state index in [2.05, 4.69) is 30.5 Å². The minimum absolute atomic E-state index is 0.0593. The molecule has 19 heavy (non-hydrogen) atoms. The van der Waals surface area contributed by atoms with Crippen molar-refractivity contribution in [2.24, 2.45) is 5.92 Å². The molecular formula is C16H24N2O. The highest BCUT2D eigenvalue weighted by molar-refractivity contribution is 5.91. The highest BCUT2D eigenvalue weighted by Gasteiger charge is 2.29. The molecule has 1 unspecified atom stereocenters. The second kappa shape index (κ2) is 6.09. The Morgan fingerprint density at radius 1 is 1.37 bits per heavy atom. The summed E-state index contributed by atoms with van der Waals surface area (Å²) in [7, 11) is 0. The van der Waals surface area contributed by atoms with Gasteiger partial charge in [-0.1, -0.05) is 19.9 Å². The van der Waals surface area contributed by atoms with Gasteiger partial charge in [0, 0.05) is 23.8 Å². The van der Waals surface area contributed by atoms with Crippen molar-refractivity contribution in [3.8, 4) is 0 Å². The number of carbonyl (C=O) groups is 1. The molecule has 3 nitrogen and oxygen atoms in total. The molecule has 104 valence electrons. The van der Waals surface area contributed by atoms with Gasteiger partial charge in [-0.25, -0.2) is 0 Å². The van der Waals surface area contributed by atoms with Gasteiger partial charge in [0.1, 0.15) is 0 Å². The monoisotopic (exact) mass is 260 g/mol. The van der Waals surface area contributed by atoms with Crippen LogP contribution < -0.4 is 10.6 Å². The smallest absolute Gasteiger partial charge is 0.224 e. The van der Waals surface area contributed by atoms with Crippen molar-refractivity contribution in [2.45, 2.75) is 52.5 Å². The Labute approximate surface area is 115 Å². The van der Waals surface area contributed by atoms with Gasteiger partial charge in [0.05, 0.1) is 0 Å². The molecule has 1 aromatic carbocycles. The Kier molecular flexibility index (Phi) is 4.46. The number of nitrogens with one attached hydrogen (secondary N) is 2. The van der Waals surface area contributed by atoms with Crippen molar-refractivity contribution >= 4 is 17.3 Å². The Morgan fingerprint density at radius 3 is 2.68 bits per heavy atom. The van der Waals surface area contributed by atoms with E-state index < -0.39 is 0 Å². The van der Waals surface area contributed by atoms with Gasteiger partial charge in [-0.2, -0.15) is 0 Å². The molecule has 0 aromatic heterocycles. The van der Waals surface area contributed by atoms with Crippen LogP contribution in [-0.2, 0) is 4.79 Å². The Hall–Kier alpha value is -1.51. The number of carbonyl (C=O) groups excluding carboxylic acids is 1. The number of hydrogen-bond acceptors (Lipinski definition) is 2. The summed E-state index contributed by atoms with van der Waals surface area (Å²) in [6, 6.07) is 6.64. The van der Waals surface area contributed by atoms with E-state index in [1.165, 1.54) is 18.4 Å². The fourth-order valence-corrected chi connectivity index (χ4v) is 2.36.